The highest BCUT2D eigenvalue weighted by molar-refractivity contribution is 5.96. The van der Waals surface area contributed by atoms with Crippen molar-refractivity contribution >= 4 is 11.6 Å². The standard InChI is InChI=1S/C12H16N2O/c1-9-4-2-3-5-11(9)14-10(8-13)6-7-12(14)15/h2-5,10H,6-8,13H2,1H3. The smallest absolute Gasteiger partial charge is 0.227 e. The lowest BCUT2D eigenvalue weighted by atomic mass is 10.1. The first-order valence-electron chi connectivity index (χ1n) is 5.32. The molecule has 1 atom stereocenters. The number of benzene rings is 1. The second-order valence-electron chi connectivity index (χ2n) is 3.98. The number of carbonyl (C=O) groups excluding carboxylic acids is 1. The molecule has 1 aromatic rings. The number of amides is 1. The molecule has 15 heavy (non-hydrogen) atoms. The fourth-order valence-corrected chi connectivity index (χ4v) is 2.13. The van der Waals surface area contributed by atoms with Gasteiger partial charge in [-0.05, 0) is 25.0 Å². The normalized spacial score (nSPS) is 21.1. The molecule has 0 aromatic heterocycles. The first-order valence-corrected chi connectivity index (χ1v) is 5.32. The first-order chi connectivity index (χ1) is 7.24. The Morgan fingerprint density at radius 3 is 2.87 bits per heavy atom. The number of anilines is 1. The van der Waals surface area contributed by atoms with Gasteiger partial charge in [0.05, 0.1) is 0 Å². The van der Waals surface area contributed by atoms with Crippen LogP contribution in [0, 0.1) is 6.92 Å². The van der Waals surface area contributed by atoms with Gasteiger partial charge in [0, 0.05) is 24.7 Å². The maximum Gasteiger partial charge on any atom is 0.227 e. The Balaban J connectivity index is 2.36. The van der Waals surface area contributed by atoms with Crippen LogP contribution in [0.15, 0.2) is 24.3 Å². The quantitative estimate of drug-likeness (QED) is 0.792. The topological polar surface area (TPSA) is 46.3 Å². The monoisotopic (exact) mass is 204 g/mol. The molecule has 1 aromatic carbocycles. The highest BCUT2D eigenvalue weighted by Crippen LogP contribution is 2.28. The molecular formula is C12H16N2O. The van der Waals surface area contributed by atoms with E-state index in [-0.39, 0.29) is 11.9 Å². The molecule has 0 saturated carbocycles. The third-order valence-electron chi connectivity index (χ3n) is 2.97. The molecule has 1 heterocycles. The summed E-state index contributed by atoms with van der Waals surface area (Å²) in [5.41, 5.74) is 7.82. The molecule has 1 fully saturated rings. The van der Waals surface area contributed by atoms with E-state index in [1.165, 1.54) is 0 Å². The van der Waals surface area contributed by atoms with Crippen molar-refractivity contribution in [3.8, 4) is 0 Å². The maximum atomic E-state index is 11.8. The molecule has 1 aliphatic rings. The Labute approximate surface area is 89.9 Å². The third-order valence-corrected chi connectivity index (χ3v) is 2.97. The van der Waals surface area contributed by atoms with Gasteiger partial charge in [0.2, 0.25) is 5.91 Å². The second kappa shape index (κ2) is 4.03. The minimum atomic E-state index is 0.179. The number of hydrogen-bond acceptors (Lipinski definition) is 2. The molecule has 2 N–H and O–H groups in total. The summed E-state index contributed by atoms with van der Waals surface area (Å²) in [7, 11) is 0. The summed E-state index contributed by atoms with van der Waals surface area (Å²) in [6, 6.07) is 8.13. The largest absolute Gasteiger partial charge is 0.328 e. The van der Waals surface area contributed by atoms with E-state index in [0.717, 1.165) is 17.7 Å². The number of rotatable bonds is 2. The molecular weight excluding hydrogens is 188 g/mol. The predicted octanol–water partition coefficient (Wildman–Crippen LogP) is 1.45. The number of nitrogens with zero attached hydrogens (tertiary/aromatic N) is 1. The van der Waals surface area contributed by atoms with Gasteiger partial charge in [-0.25, -0.2) is 0 Å². The Bertz CT molecular complexity index is 376. The third kappa shape index (κ3) is 1.75. The zero-order valence-electron chi connectivity index (χ0n) is 8.94. The number of hydrogen-bond donors (Lipinski definition) is 1. The van der Waals surface area contributed by atoms with Gasteiger partial charge in [0.1, 0.15) is 0 Å². The molecule has 1 aliphatic heterocycles. The zero-order valence-corrected chi connectivity index (χ0v) is 8.94. The zero-order chi connectivity index (χ0) is 10.8. The molecule has 0 aliphatic carbocycles. The molecule has 0 radical (unpaired) electrons. The van der Waals surface area contributed by atoms with Gasteiger partial charge in [-0.2, -0.15) is 0 Å². The average molecular weight is 204 g/mol. The van der Waals surface area contributed by atoms with E-state index in [1.54, 1.807) is 0 Å². The van der Waals surface area contributed by atoms with Gasteiger partial charge < -0.3 is 10.6 Å². The molecule has 1 saturated heterocycles. The molecule has 0 spiro atoms. The lowest BCUT2D eigenvalue weighted by molar-refractivity contribution is -0.117. The lowest BCUT2D eigenvalue weighted by Crippen LogP contribution is -2.38. The summed E-state index contributed by atoms with van der Waals surface area (Å²) in [6.07, 6.45) is 1.50. The van der Waals surface area contributed by atoms with Crippen LogP contribution in [-0.4, -0.2) is 18.5 Å². The van der Waals surface area contributed by atoms with Crippen molar-refractivity contribution in [2.45, 2.75) is 25.8 Å². The maximum absolute atomic E-state index is 11.8. The van der Waals surface area contributed by atoms with Gasteiger partial charge in [0.25, 0.3) is 0 Å². The Morgan fingerprint density at radius 2 is 2.20 bits per heavy atom. The number of carbonyl (C=O) groups is 1. The molecule has 3 nitrogen and oxygen atoms in total. The molecule has 1 amide bonds. The fourth-order valence-electron chi connectivity index (χ4n) is 2.13. The molecule has 2 rings (SSSR count). The fraction of sp³-hybridized carbons (Fsp3) is 0.417. The molecule has 1 unspecified atom stereocenters. The summed E-state index contributed by atoms with van der Waals surface area (Å²) in [5, 5.41) is 0. The number of para-hydroxylation sites is 1. The minimum absolute atomic E-state index is 0.179. The van der Waals surface area contributed by atoms with Crippen molar-refractivity contribution < 1.29 is 4.79 Å². The Kier molecular flexibility index (Phi) is 2.73. The van der Waals surface area contributed by atoms with Crippen LogP contribution in [0.5, 0.6) is 0 Å². The SMILES string of the molecule is Cc1ccccc1N1C(=O)CCC1CN. The van der Waals surface area contributed by atoms with Crippen molar-refractivity contribution in [2.75, 3.05) is 11.4 Å². The highest BCUT2D eigenvalue weighted by atomic mass is 16.2. The van der Waals surface area contributed by atoms with Crippen molar-refractivity contribution in [3.63, 3.8) is 0 Å². The molecule has 80 valence electrons. The average Bonchev–Trinajstić information content (AvgIpc) is 2.60. The molecule has 0 bridgehead atoms. The van der Waals surface area contributed by atoms with Crippen molar-refractivity contribution in [1.29, 1.82) is 0 Å². The van der Waals surface area contributed by atoms with Gasteiger partial charge in [0.15, 0.2) is 0 Å². The van der Waals surface area contributed by atoms with Crippen LogP contribution in [0.3, 0.4) is 0 Å². The molecule has 3 heteroatoms. The van der Waals surface area contributed by atoms with Crippen molar-refractivity contribution in [3.05, 3.63) is 29.8 Å². The Hall–Kier alpha value is -1.35. The highest BCUT2D eigenvalue weighted by Gasteiger charge is 2.31. The lowest BCUT2D eigenvalue weighted by Gasteiger charge is -2.25. The van der Waals surface area contributed by atoms with Gasteiger partial charge in [-0.15, -0.1) is 0 Å². The van der Waals surface area contributed by atoms with Crippen LogP contribution in [0.25, 0.3) is 0 Å². The summed E-state index contributed by atoms with van der Waals surface area (Å²) in [5.74, 6) is 0.194. The summed E-state index contributed by atoms with van der Waals surface area (Å²) >= 11 is 0. The van der Waals surface area contributed by atoms with Gasteiger partial charge >= 0.3 is 0 Å². The van der Waals surface area contributed by atoms with Crippen molar-refractivity contribution in [1.82, 2.24) is 0 Å². The number of aryl methyl sites for hydroxylation is 1. The van der Waals surface area contributed by atoms with Gasteiger partial charge in [-0.3, -0.25) is 4.79 Å². The van der Waals surface area contributed by atoms with Gasteiger partial charge in [-0.1, -0.05) is 18.2 Å². The van der Waals surface area contributed by atoms with Crippen LogP contribution < -0.4 is 10.6 Å². The van der Waals surface area contributed by atoms with E-state index in [1.807, 2.05) is 36.1 Å². The summed E-state index contributed by atoms with van der Waals surface area (Å²) in [4.78, 5) is 13.6. The van der Waals surface area contributed by atoms with Crippen LogP contribution in [0.4, 0.5) is 5.69 Å². The van der Waals surface area contributed by atoms with E-state index < -0.39 is 0 Å². The summed E-state index contributed by atoms with van der Waals surface area (Å²) < 4.78 is 0. The summed E-state index contributed by atoms with van der Waals surface area (Å²) in [6.45, 7) is 2.56. The van der Waals surface area contributed by atoms with E-state index in [0.29, 0.717) is 13.0 Å². The van der Waals surface area contributed by atoms with Crippen LogP contribution in [0.2, 0.25) is 0 Å². The second-order valence-corrected chi connectivity index (χ2v) is 3.98. The van der Waals surface area contributed by atoms with Crippen LogP contribution in [0.1, 0.15) is 18.4 Å². The van der Waals surface area contributed by atoms with E-state index >= 15 is 0 Å². The van der Waals surface area contributed by atoms with E-state index in [9.17, 15) is 4.79 Å². The number of nitrogens with two attached hydrogens (primary N) is 1. The predicted molar refractivity (Wildman–Crippen MR) is 60.7 cm³/mol. The van der Waals surface area contributed by atoms with Crippen LogP contribution >= 0.6 is 0 Å². The van der Waals surface area contributed by atoms with E-state index in [4.69, 9.17) is 5.73 Å². The van der Waals surface area contributed by atoms with E-state index in [2.05, 4.69) is 0 Å². The Morgan fingerprint density at radius 1 is 1.47 bits per heavy atom. The van der Waals surface area contributed by atoms with Crippen molar-refractivity contribution in [2.24, 2.45) is 5.73 Å². The first kappa shape index (κ1) is 10.2. The van der Waals surface area contributed by atoms with Crippen LogP contribution in [-0.2, 0) is 4.79 Å². The minimum Gasteiger partial charge on any atom is -0.328 e.